The standard InChI is InChI=1S/C22H24F2N2O5/c1-3-11-26(13-19(27)25-18-10-5-4-7-15(18)2)20(28)14-30-21(29)16-8-6-9-17(12-16)31-22(23)24/h4-10,12,22H,3,11,13-14H2,1-2H3,(H,25,27). The molecule has 2 aromatic rings. The summed E-state index contributed by atoms with van der Waals surface area (Å²) in [5, 5.41) is 2.75. The van der Waals surface area contributed by atoms with E-state index in [0.29, 0.717) is 18.7 Å². The number of nitrogens with one attached hydrogen (secondary N) is 1. The van der Waals surface area contributed by atoms with Crippen LogP contribution >= 0.6 is 0 Å². The Morgan fingerprint density at radius 3 is 2.52 bits per heavy atom. The molecular weight excluding hydrogens is 410 g/mol. The number of para-hydroxylation sites is 1. The average molecular weight is 434 g/mol. The van der Waals surface area contributed by atoms with Gasteiger partial charge in [-0.3, -0.25) is 9.59 Å². The van der Waals surface area contributed by atoms with E-state index in [2.05, 4.69) is 10.1 Å². The molecule has 2 amide bonds. The van der Waals surface area contributed by atoms with E-state index in [1.807, 2.05) is 26.0 Å². The van der Waals surface area contributed by atoms with Crippen LogP contribution in [-0.4, -0.2) is 49.0 Å². The van der Waals surface area contributed by atoms with Gasteiger partial charge < -0.3 is 19.7 Å². The van der Waals surface area contributed by atoms with E-state index < -0.39 is 25.1 Å². The minimum atomic E-state index is -3.03. The average Bonchev–Trinajstić information content (AvgIpc) is 2.73. The van der Waals surface area contributed by atoms with Crippen molar-refractivity contribution in [2.45, 2.75) is 26.9 Å². The summed E-state index contributed by atoms with van der Waals surface area (Å²) < 4.78 is 33.9. The number of alkyl halides is 2. The molecule has 0 unspecified atom stereocenters. The maximum atomic E-state index is 12.5. The summed E-state index contributed by atoms with van der Waals surface area (Å²) in [6.07, 6.45) is 0.602. The summed E-state index contributed by atoms with van der Waals surface area (Å²) in [6.45, 7) is 0.189. The molecule has 0 aliphatic carbocycles. The molecular formula is C22H24F2N2O5. The van der Waals surface area contributed by atoms with Crippen molar-refractivity contribution >= 4 is 23.5 Å². The van der Waals surface area contributed by atoms with E-state index >= 15 is 0 Å². The summed E-state index contributed by atoms with van der Waals surface area (Å²) in [5.41, 5.74) is 1.50. The number of esters is 1. The molecule has 0 aromatic heterocycles. The second-order valence-corrected chi connectivity index (χ2v) is 6.66. The molecule has 0 heterocycles. The van der Waals surface area contributed by atoms with Gasteiger partial charge in [-0.15, -0.1) is 0 Å². The highest BCUT2D eigenvalue weighted by Crippen LogP contribution is 2.17. The molecule has 0 radical (unpaired) electrons. The molecule has 0 aliphatic heterocycles. The van der Waals surface area contributed by atoms with Gasteiger partial charge in [0.05, 0.1) is 12.1 Å². The number of carbonyl (C=O) groups is 3. The highest BCUT2D eigenvalue weighted by atomic mass is 19.3. The number of benzene rings is 2. The molecule has 2 rings (SSSR count). The van der Waals surface area contributed by atoms with Crippen LogP contribution in [0.5, 0.6) is 5.75 Å². The number of carbonyl (C=O) groups excluding carboxylic acids is 3. The largest absolute Gasteiger partial charge is 0.452 e. The Bertz CT molecular complexity index is 920. The van der Waals surface area contributed by atoms with E-state index in [1.54, 1.807) is 12.1 Å². The van der Waals surface area contributed by atoms with Gasteiger partial charge in [-0.25, -0.2) is 4.79 Å². The number of ether oxygens (including phenoxy) is 2. The van der Waals surface area contributed by atoms with Gasteiger partial charge in [0.1, 0.15) is 5.75 Å². The molecule has 0 fully saturated rings. The van der Waals surface area contributed by atoms with Crippen LogP contribution in [0.4, 0.5) is 14.5 Å². The second-order valence-electron chi connectivity index (χ2n) is 6.66. The van der Waals surface area contributed by atoms with Gasteiger partial charge in [0, 0.05) is 12.2 Å². The van der Waals surface area contributed by atoms with Crippen molar-refractivity contribution in [3.05, 3.63) is 59.7 Å². The van der Waals surface area contributed by atoms with Crippen molar-refractivity contribution < 1.29 is 32.6 Å². The number of rotatable bonds is 10. The second kappa shape index (κ2) is 11.6. The molecule has 0 bridgehead atoms. The van der Waals surface area contributed by atoms with Crippen LogP contribution in [0.25, 0.3) is 0 Å². The number of anilines is 1. The molecule has 9 heteroatoms. The summed E-state index contributed by atoms with van der Waals surface area (Å²) in [5.74, 6) is -1.99. The van der Waals surface area contributed by atoms with Gasteiger partial charge in [-0.05, 0) is 43.2 Å². The van der Waals surface area contributed by atoms with E-state index in [0.717, 1.165) is 11.6 Å². The SMILES string of the molecule is CCCN(CC(=O)Nc1ccccc1C)C(=O)COC(=O)c1cccc(OC(F)F)c1. The molecule has 1 N–H and O–H groups in total. The fourth-order valence-corrected chi connectivity index (χ4v) is 2.74. The number of halogens is 2. The van der Waals surface area contributed by atoms with Crippen LogP contribution in [0.1, 0.15) is 29.3 Å². The predicted octanol–water partition coefficient (Wildman–Crippen LogP) is 3.63. The van der Waals surface area contributed by atoms with Gasteiger partial charge in [-0.2, -0.15) is 8.78 Å². The van der Waals surface area contributed by atoms with Crippen LogP contribution < -0.4 is 10.1 Å². The maximum absolute atomic E-state index is 12.5. The van der Waals surface area contributed by atoms with Crippen molar-refractivity contribution in [3.63, 3.8) is 0 Å². The van der Waals surface area contributed by atoms with Crippen molar-refractivity contribution in [1.29, 1.82) is 0 Å². The summed E-state index contributed by atoms with van der Waals surface area (Å²) in [4.78, 5) is 38.3. The fourth-order valence-electron chi connectivity index (χ4n) is 2.74. The van der Waals surface area contributed by atoms with Crippen LogP contribution in [0.2, 0.25) is 0 Å². The molecule has 0 aliphatic rings. The maximum Gasteiger partial charge on any atom is 0.387 e. The zero-order valence-corrected chi connectivity index (χ0v) is 17.3. The fraction of sp³-hybridized carbons (Fsp3) is 0.318. The van der Waals surface area contributed by atoms with E-state index in [4.69, 9.17) is 4.74 Å². The Hall–Kier alpha value is -3.49. The summed E-state index contributed by atoms with van der Waals surface area (Å²) in [6, 6.07) is 12.3. The van der Waals surface area contributed by atoms with Gasteiger partial charge in [0.15, 0.2) is 6.61 Å². The highest BCUT2D eigenvalue weighted by Gasteiger charge is 2.19. The van der Waals surface area contributed by atoms with Crippen LogP contribution in [0.3, 0.4) is 0 Å². The first-order valence-electron chi connectivity index (χ1n) is 9.65. The molecule has 166 valence electrons. The highest BCUT2D eigenvalue weighted by molar-refractivity contribution is 5.96. The zero-order chi connectivity index (χ0) is 22.8. The van der Waals surface area contributed by atoms with E-state index in [9.17, 15) is 23.2 Å². The molecule has 7 nitrogen and oxygen atoms in total. The third kappa shape index (κ3) is 7.69. The summed E-state index contributed by atoms with van der Waals surface area (Å²) in [7, 11) is 0. The van der Waals surface area contributed by atoms with Crippen molar-refractivity contribution in [2.24, 2.45) is 0 Å². The Labute approximate surface area is 178 Å². The van der Waals surface area contributed by atoms with Crippen molar-refractivity contribution in [3.8, 4) is 5.75 Å². The normalized spacial score (nSPS) is 10.5. The first-order valence-corrected chi connectivity index (χ1v) is 9.65. The lowest BCUT2D eigenvalue weighted by Crippen LogP contribution is -2.40. The van der Waals surface area contributed by atoms with Gasteiger partial charge >= 0.3 is 12.6 Å². The quantitative estimate of drug-likeness (QED) is 0.578. The lowest BCUT2D eigenvalue weighted by molar-refractivity contribution is -0.137. The molecule has 2 aromatic carbocycles. The van der Waals surface area contributed by atoms with Crippen LogP contribution in [-0.2, 0) is 14.3 Å². The lowest BCUT2D eigenvalue weighted by atomic mass is 10.2. The molecule has 0 atom stereocenters. The smallest absolute Gasteiger partial charge is 0.387 e. The number of nitrogens with zero attached hydrogens (tertiary/aromatic N) is 1. The number of amides is 2. The third-order valence-electron chi connectivity index (χ3n) is 4.22. The van der Waals surface area contributed by atoms with Crippen molar-refractivity contribution in [2.75, 3.05) is 25.0 Å². The van der Waals surface area contributed by atoms with Crippen LogP contribution in [0.15, 0.2) is 48.5 Å². The number of aryl methyl sites for hydroxylation is 1. The predicted molar refractivity (Wildman–Crippen MR) is 110 cm³/mol. The number of hydrogen-bond acceptors (Lipinski definition) is 5. The lowest BCUT2D eigenvalue weighted by Gasteiger charge is -2.21. The van der Waals surface area contributed by atoms with Gasteiger partial charge in [0.25, 0.3) is 5.91 Å². The van der Waals surface area contributed by atoms with E-state index in [-0.39, 0.29) is 23.8 Å². The Morgan fingerprint density at radius 1 is 1.10 bits per heavy atom. The molecule has 0 saturated heterocycles. The minimum absolute atomic E-state index is 0.0368. The molecule has 0 spiro atoms. The van der Waals surface area contributed by atoms with Gasteiger partial charge in [-0.1, -0.05) is 31.2 Å². The third-order valence-corrected chi connectivity index (χ3v) is 4.22. The number of hydrogen-bond donors (Lipinski definition) is 1. The monoisotopic (exact) mass is 434 g/mol. The van der Waals surface area contributed by atoms with Gasteiger partial charge in [0.2, 0.25) is 5.91 Å². The minimum Gasteiger partial charge on any atom is -0.452 e. The Kier molecular flexibility index (Phi) is 8.93. The van der Waals surface area contributed by atoms with Crippen molar-refractivity contribution in [1.82, 2.24) is 4.90 Å². The topological polar surface area (TPSA) is 84.9 Å². The Morgan fingerprint density at radius 2 is 1.84 bits per heavy atom. The Balaban J connectivity index is 1.93. The molecule has 31 heavy (non-hydrogen) atoms. The summed E-state index contributed by atoms with van der Waals surface area (Å²) >= 11 is 0. The first-order chi connectivity index (χ1) is 14.8. The zero-order valence-electron chi connectivity index (χ0n) is 17.3. The van der Waals surface area contributed by atoms with E-state index in [1.165, 1.54) is 23.1 Å². The first kappa shape index (κ1) is 23.8. The van der Waals surface area contributed by atoms with Crippen LogP contribution in [0, 0.1) is 6.92 Å². The molecule has 0 saturated carbocycles.